The zero-order valence-electron chi connectivity index (χ0n) is 11.9. The number of amides is 1. The van der Waals surface area contributed by atoms with Crippen LogP contribution >= 0.6 is 0 Å². The van der Waals surface area contributed by atoms with Gasteiger partial charge in [0.15, 0.2) is 0 Å². The lowest BCUT2D eigenvalue weighted by Crippen LogP contribution is -2.39. The lowest BCUT2D eigenvalue weighted by atomic mass is 9.88. The number of hydrogen-bond acceptors (Lipinski definition) is 3. The minimum Gasteiger partial charge on any atom is -0.382 e. The molecule has 0 aromatic heterocycles. The van der Waals surface area contributed by atoms with Crippen molar-refractivity contribution < 1.29 is 9.53 Å². The van der Waals surface area contributed by atoms with Gasteiger partial charge in [-0.25, -0.2) is 0 Å². The number of hydrogen-bond donors (Lipinski definition) is 2. The standard InChI is InChI=1S/C13H28N2O2/c1-10(17-5)6-7-12(16)15-9-11(14)8-13(2,3)4/h10-11H,6-9,14H2,1-5H3,(H,15,16). The molecular weight excluding hydrogens is 216 g/mol. The Hall–Kier alpha value is -0.610. The molecule has 4 heteroatoms. The smallest absolute Gasteiger partial charge is 0.220 e. The molecule has 0 aromatic rings. The lowest BCUT2D eigenvalue weighted by Gasteiger charge is -2.23. The molecule has 0 spiro atoms. The van der Waals surface area contributed by atoms with Gasteiger partial charge >= 0.3 is 0 Å². The van der Waals surface area contributed by atoms with Crippen molar-refractivity contribution in [2.24, 2.45) is 11.1 Å². The number of rotatable bonds is 7. The monoisotopic (exact) mass is 244 g/mol. The summed E-state index contributed by atoms with van der Waals surface area (Å²) >= 11 is 0. The second-order valence-electron chi connectivity index (χ2n) is 5.91. The molecule has 0 aliphatic rings. The van der Waals surface area contributed by atoms with Crippen LogP contribution in [0.15, 0.2) is 0 Å². The van der Waals surface area contributed by atoms with Gasteiger partial charge in [-0.3, -0.25) is 4.79 Å². The van der Waals surface area contributed by atoms with Gasteiger partial charge in [0.05, 0.1) is 6.10 Å². The largest absolute Gasteiger partial charge is 0.382 e. The van der Waals surface area contributed by atoms with Gasteiger partial charge in [-0.05, 0) is 25.2 Å². The van der Waals surface area contributed by atoms with E-state index in [0.717, 1.165) is 12.8 Å². The molecule has 17 heavy (non-hydrogen) atoms. The van der Waals surface area contributed by atoms with Crippen molar-refractivity contribution in [1.29, 1.82) is 0 Å². The van der Waals surface area contributed by atoms with E-state index in [0.29, 0.717) is 13.0 Å². The third-order valence-corrected chi connectivity index (χ3v) is 2.62. The fraction of sp³-hybridized carbons (Fsp3) is 0.923. The lowest BCUT2D eigenvalue weighted by molar-refractivity contribution is -0.121. The van der Waals surface area contributed by atoms with E-state index in [-0.39, 0.29) is 23.5 Å². The van der Waals surface area contributed by atoms with Crippen molar-refractivity contribution in [3.63, 3.8) is 0 Å². The van der Waals surface area contributed by atoms with Crippen molar-refractivity contribution in [3.8, 4) is 0 Å². The number of methoxy groups -OCH3 is 1. The molecule has 0 fully saturated rings. The number of nitrogens with two attached hydrogens (primary N) is 1. The molecule has 0 bridgehead atoms. The molecule has 0 saturated carbocycles. The molecule has 0 rings (SSSR count). The zero-order chi connectivity index (χ0) is 13.5. The van der Waals surface area contributed by atoms with Crippen molar-refractivity contribution in [3.05, 3.63) is 0 Å². The molecule has 0 saturated heterocycles. The second-order valence-corrected chi connectivity index (χ2v) is 5.91. The van der Waals surface area contributed by atoms with Crippen LogP contribution in [0, 0.1) is 5.41 Å². The molecule has 102 valence electrons. The van der Waals surface area contributed by atoms with E-state index in [1.165, 1.54) is 0 Å². The van der Waals surface area contributed by atoms with Gasteiger partial charge in [0.1, 0.15) is 0 Å². The van der Waals surface area contributed by atoms with E-state index in [2.05, 4.69) is 26.1 Å². The highest BCUT2D eigenvalue weighted by Gasteiger charge is 2.16. The van der Waals surface area contributed by atoms with Crippen LogP contribution in [0.3, 0.4) is 0 Å². The van der Waals surface area contributed by atoms with Gasteiger partial charge < -0.3 is 15.8 Å². The van der Waals surface area contributed by atoms with E-state index in [1.54, 1.807) is 7.11 Å². The summed E-state index contributed by atoms with van der Waals surface area (Å²) in [6, 6.07) is 0.0267. The summed E-state index contributed by atoms with van der Waals surface area (Å²) in [5.74, 6) is 0.0539. The van der Waals surface area contributed by atoms with E-state index < -0.39 is 0 Å². The molecule has 0 aliphatic carbocycles. The molecule has 2 unspecified atom stereocenters. The summed E-state index contributed by atoms with van der Waals surface area (Å²) in [6.07, 6.45) is 2.28. The highest BCUT2D eigenvalue weighted by molar-refractivity contribution is 5.75. The first kappa shape index (κ1) is 16.4. The van der Waals surface area contributed by atoms with Gasteiger partial charge in [-0.2, -0.15) is 0 Å². The van der Waals surface area contributed by atoms with Crippen LogP contribution in [0.2, 0.25) is 0 Å². The van der Waals surface area contributed by atoms with Crippen molar-refractivity contribution >= 4 is 5.91 Å². The molecular formula is C13H28N2O2. The van der Waals surface area contributed by atoms with Crippen molar-refractivity contribution in [2.45, 2.75) is 59.1 Å². The van der Waals surface area contributed by atoms with E-state index in [9.17, 15) is 4.79 Å². The Morgan fingerprint density at radius 3 is 2.47 bits per heavy atom. The second kappa shape index (κ2) is 7.67. The molecule has 4 nitrogen and oxygen atoms in total. The topological polar surface area (TPSA) is 64.3 Å². The van der Waals surface area contributed by atoms with E-state index >= 15 is 0 Å². The van der Waals surface area contributed by atoms with Crippen molar-refractivity contribution in [1.82, 2.24) is 5.32 Å². The Bertz CT molecular complexity index is 224. The highest BCUT2D eigenvalue weighted by atomic mass is 16.5. The molecule has 2 atom stereocenters. The van der Waals surface area contributed by atoms with E-state index in [4.69, 9.17) is 10.5 Å². The van der Waals surface area contributed by atoms with Crippen LogP contribution in [-0.4, -0.2) is 31.7 Å². The third-order valence-electron chi connectivity index (χ3n) is 2.62. The Kier molecular flexibility index (Phi) is 7.39. The summed E-state index contributed by atoms with van der Waals surface area (Å²) < 4.78 is 5.09. The summed E-state index contributed by atoms with van der Waals surface area (Å²) in [6.45, 7) is 8.95. The molecule has 3 N–H and O–H groups in total. The third kappa shape index (κ3) is 10.3. The van der Waals surface area contributed by atoms with Gasteiger partial charge in [0, 0.05) is 26.1 Å². The average molecular weight is 244 g/mol. The fourth-order valence-corrected chi connectivity index (χ4v) is 1.64. The number of carbonyl (C=O) groups is 1. The molecule has 0 aliphatic heterocycles. The molecule has 0 heterocycles. The summed E-state index contributed by atoms with van der Waals surface area (Å²) in [4.78, 5) is 11.5. The minimum absolute atomic E-state index is 0.0267. The van der Waals surface area contributed by atoms with Gasteiger partial charge in [-0.15, -0.1) is 0 Å². The molecule has 0 radical (unpaired) electrons. The Balaban J connectivity index is 3.70. The first-order valence-electron chi connectivity index (χ1n) is 6.29. The summed E-state index contributed by atoms with van der Waals surface area (Å²) in [7, 11) is 1.65. The molecule has 1 amide bonds. The van der Waals surface area contributed by atoms with Crippen molar-refractivity contribution in [2.75, 3.05) is 13.7 Å². The van der Waals surface area contributed by atoms with Crippen LogP contribution in [-0.2, 0) is 9.53 Å². The maximum absolute atomic E-state index is 11.5. The fourth-order valence-electron chi connectivity index (χ4n) is 1.64. The van der Waals surface area contributed by atoms with Crippen LogP contribution < -0.4 is 11.1 Å². The Morgan fingerprint density at radius 2 is 2.00 bits per heavy atom. The van der Waals surface area contributed by atoms with Crippen LogP contribution in [0.4, 0.5) is 0 Å². The van der Waals surface area contributed by atoms with Gasteiger partial charge in [0.25, 0.3) is 0 Å². The Morgan fingerprint density at radius 1 is 1.41 bits per heavy atom. The van der Waals surface area contributed by atoms with Crippen LogP contribution in [0.1, 0.15) is 47.0 Å². The Labute approximate surface area is 105 Å². The minimum atomic E-state index is 0.0267. The first-order chi connectivity index (χ1) is 7.74. The number of carbonyl (C=O) groups excluding carboxylic acids is 1. The normalized spacial score (nSPS) is 15.4. The van der Waals surface area contributed by atoms with Gasteiger partial charge in [0.2, 0.25) is 5.91 Å². The quantitative estimate of drug-likeness (QED) is 0.716. The average Bonchev–Trinajstić information content (AvgIpc) is 2.20. The summed E-state index contributed by atoms with van der Waals surface area (Å²) in [5, 5.41) is 2.86. The predicted molar refractivity (Wildman–Crippen MR) is 70.8 cm³/mol. The van der Waals surface area contributed by atoms with Gasteiger partial charge in [-0.1, -0.05) is 20.8 Å². The maximum Gasteiger partial charge on any atom is 0.220 e. The molecule has 0 aromatic carbocycles. The number of ether oxygens (including phenoxy) is 1. The highest BCUT2D eigenvalue weighted by Crippen LogP contribution is 2.19. The maximum atomic E-state index is 11.5. The zero-order valence-corrected chi connectivity index (χ0v) is 11.9. The number of nitrogens with one attached hydrogen (secondary N) is 1. The van der Waals surface area contributed by atoms with Crippen LogP contribution in [0.25, 0.3) is 0 Å². The predicted octanol–water partition coefficient (Wildman–Crippen LogP) is 1.68. The van der Waals surface area contributed by atoms with E-state index in [1.807, 2.05) is 6.92 Å². The first-order valence-corrected chi connectivity index (χ1v) is 6.29. The SMILES string of the molecule is COC(C)CCC(=O)NCC(N)CC(C)(C)C. The summed E-state index contributed by atoms with van der Waals surface area (Å²) in [5.41, 5.74) is 6.15. The van der Waals surface area contributed by atoms with Crippen LogP contribution in [0.5, 0.6) is 0 Å².